The topological polar surface area (TPSA) is 12.0 Å². The van der Waals surface area contributed by atoms with Gasteiger partial charge < -0.3 is 5.32 Å². The highest BCUT2D eigenvalue weighted by Gasteiger charge is 2.30. The molecule has 1 aromatic carbocycles. The molecule has 4 heteroatoms. The van der Waals surface area contributed by atoms with Crippen molar-refractivity contribution in [3.8, 4) is 0 Å². The van der Waals surface area contributed by atoms with Gasteiger partial charge in [-0.15, -0.1) is 0 Å². The third-order valence-corrected chi connectivity index (χ3v) is 2.99. The Bertz CT molecular complexity index is 385. The molecule has 0 radical (unpaired) electrons. The van der Waals surface area contributed by atoms with Crippen molar-refractivity contribution in [2.24, 2.45) is 5.92 Å². The predicted molar refractivity (Wildman–Crippen MR) is 68.7 cm³/mol. The second kappa shape index (κ2) is 6.12. The zero-order valence-electron chi connectivity index (χ0n) is 11.1. The van der Waals surface area contributed by atoms with Gasteiger partial charge in [-0.2, -0.15) is 13.2 Å². The smallest absolute Gasteiger partial charge is 0.385 e. The van der Waals surface area contributed by atoms with Gasteiger partial charge in [-0.1, -0.05) is 26.3 Å². The summed E-state index contributed by atoms with van der Waals surface area (Å²) in [6.45, 7) is 6.72. The molecule has 102 valence electrons. The molecule has 0 fully saturated rings. The summed E-state index contributed by atoms with van der Waals surface area (Å²) in [5.74, 6) is 0.462. The molecule has 18 heavy (non-hydrogen) atoms. The summed E-state index contributed by atoms with van der Waals surface area (Å²) >= 11 is 0. The number of benzene rings is 1. The third-order valence-electron chi connectivity index (χ3n) is 2.99. The van der Waals surface area contributed by atoms with E-state index in [-0.39, 0.29) is 0 Å². The third kappa shape index (κ3) is 4.24. The predicted octanol–water partition coefficient (Wildman–Crippen LogP) is 4.86. The molecule has 0 aliphatic heterocycles. The summed E-state index contributed by atoms with van der Waals surface area (Å²) < 4.78 is 37.8. The van der Waals surface area contributed by atoms with Gasteiger partial charge in [0.1, 0.15) is 0 Å². The van der Waals surface area contributed by atoms with Gasteiger partial charge in [0.2, 0.25) is 0 Å². The quantitative estimate of drug-likeness (QED) is 0.796. The van der Waals surface area contributed by atoms with Gasteiger partial charge in [-0.05, 0) is 37.0 Å². The van der Waals surface area contributed by atoms with E-state index in [2.05, 4.69) is 19.2 Å². The van der Waals surface area contributed by atoms with Gasteiger partial charge in [-0.25, -0.2) is 0 Å². The zero-order valence-corrected chi connectivity index (χ0v) is 11.1. The van der Waals surface area contributed by atoms with Gasteiger partial charge in [0.05, 0.1) is 5.56 Å². The Hall–Kier alpha value is -1.19. The van der Waals surface area contributed by atoms with E-state index in [0.717, 1.165) is 24.5 Å². The fourth-order valence-corrected chi connectivity index (χ4v) is 1.87. The molecule has 0 amide bonds. The monoisotopic (exact) mass is 259 g/mol. The number of anilines is 1. The molecule has 1 aromatic rings. The Morgan fingerprint density at radius 3 is 2.50 bits per heavy atom. The van der Waals surface area contributed by atoms with E-state index in [0.29, 0.717) is 18.2 Å². The largest absolute Gasteiger partial charge is 0.416 e. The molecule has 0 spiro atoms. The van der Waals surface area contributed by atoms with Crippen molar-refractivity contribution in [1.82, 2.24) is 0 Å². The molecule has 1 nitrogen and oxygen atoms in total. The van der Waals surface area contributed by atoms with E-state index in [1.54, 1.807) is 0 Å². The molecule has 0 saturated heterocycles. The number of nitrogens with one attached hydrogen (secondary N) is 1. The Balaban J connectivity index is 2.76. The van der Waals surface area contributed by atoms with Gasteiger partial charge in [-0.3, -0.25) is 0 Å². The molecule has 0 heterocycles. The van der Waals surface area contributed by atoms with Crippen molar-refractivity contribution >= 4 is 5.69 Å². The van der Waals surface area contributed by atoms with E-state index in [4.69, 9.17) is 0 Å². The Morgan fingerprint density at radius 2 is 1.94 bits per heavy atom. The molecule has 0 aromatic heterocycles. The lowest BCUT2D eigenvalue weighted by atomic mass is 10.1. The molecule has 1 atom stereocenters. The minimum atomic E-state index is -4.28. The van der Waals surface area contributed by atoms with Crippen LogP contribution < -0.4 is 5.32 Å². The molecule has 1 N–H and O–H groups in total. The summed E-state index contributed by atoms with van der Waals surface area (Å²) in [5, 5.41) is 3.11. The first-order chi connectivity index (χ1) is 8.34. The average molecular weight is 259 g/mol. The first-order valence-corrected chi connectivity index (χ1v) is 6.26. The summed E-state index contributed by atoms with van der Waals surface area (Å²) in [7, 11) is 0. The summed E-state index contributed by atoms with van der Waals surface area (Å²) in [5.41, 5.74) is 0.818. The standard InChI is InChI=1S/C14H20F3N/c1-4-5-10(2)9-18-13-8-12(14(15,16)17)7-6-11(13)3/h6-8,10,18H,4-5,9H2,1-3H3. The molecule has 0 saturated carbocycles. The van der Waals surface area contributed by atoms with Gasteiger partial charge >= 0.3 is 6.18 Å². The first kappa shape index (κ1) is 14.9. The van der Waals surface area contributed by atoms with Crippen molar-refractivity contribution in [2.75, 3.05) is 11.9 Å². The van der Waals surface area contributed by atoms with E-state index >= 15 is 0 Å². The van der Waals surface area contributed by atoms with Gasteiger partial charge in [0, 0.05) is 12.2 Å². The average Bonchev–Trinajstić information content (AvgIpc) is 2.26. The van der Waals surface area contributed by atoms with Crippen LogP contribution in [0.5, 0.6) is 0 Å². The van der Waals surface area contributed by atoms with Crippen LogP contribution in [0.25, 0.3) is 0 Å². The van der Waals surface area contributed by atoms with Crippen molar-refractivity contribution in [1.29, 1.82) is 0 Å². The molecule has 1 unspecified atom stereocenters. The van der Waals surface area contributed by atoms with Crippen LogP contribution in [0.3, 0.4) is 0 Å². The van der Waals surface area contributed by atoms with Gasteiger partial charge in [0.15, 0.2) is 0 Å². The van der Waals surface area contributed by atoms with Crippen molar-refractivity contribution in [3.63, 3.8) is 0 Å². The minimum absolute atomic E-state index is 0.462. The SMILES string of the molecule is CCCC(C)CNc1cc(C(F)(F)F)ccc1C. The van der Waals surface area contributed by atoms with Crippen LogP contribution in [-0.2, 0) is 6.18 Å². The molecule has 1 rings (SSSR count). The van der Waals surface area contributed by atoms with Crippen molar-refractivity contribution in [3.05, 3.63) is 29.3 Å². The number of hydrogen-bond acceptors (Lipinski definition) is 1. The lowest BCUT2D eigenvalue weighted by Crippen LogP contribution is -2.13. The maximum absolute atomic E-state index is 12.6. The Morgan fingerprint density at radius 1 is 1.28 bits per heavy atom. The zero-order chi connectivity index (χ0) is 13.8. The molecular formula is C14H20F3N. The molecule has 0 aliphatic carbocycles. The fourth-order valence-electron chi connectivity index (χ4n) is 1.87. The van der Waals surface area contributed by atoms with Crippen LogP contribution >= 0.6 is 0 Å². The Labute approximate surface area is 106 Å². The normalized spacial score (nSPS) is 13.4. The fraction of sp³-hybridized carbons (Fsp3) is 0.571. The van der Waals surface area contributed by atoms with E-state index in [1.807, 2.05) is 6.92 Å². The highest BCUT2D eigenvalue weighted by atomic mass is 19.4. The second-order valence-electron chi connectivity index (χ2n) is 4.80. The van der Waals surface area contributed by atoms with Crippen LogP contribution in [0.2, 0.25) is 0 Å². The number of alkyl halides is 3. The number of halogens is 3. The van der Waals surface area contributed by atoms with Crippen LogP contribution in [0.1, 0.15) is 37.8 Å². The molecular weight excluding hydrogens is 239 g/mol. The number of aryl methyl sites for hydroxylation is 1. The summed E-state index contributed by atoms with van der Waals surface area (Å²) in [6.07, 6.45) is -2.12. The number of rotatable bonds is 5. The highest BCUT2D eigenvalue weighted by Crippen LogP contribution is 2.32. The van der Waals surface area contributed by atoms with Crippen LogP contribution in [0.15, 0.2) is 18.2 Å². The van der Waals surface area contributed by atoms with E-state index in [1.165, 1.54) is 12.1 Å². The first-order valence-electron chi connectivity index (χ1n) is 6.26. The lowest BCUT2D eigenvalue weighted by molar-refractivity contribution is -0.137. The molecule has 0 aliphatic rings. The van der Waals surface area contributed by atoms with Crippen LogP contribution in [0, 0.1) is 12.8 Å². The summed E-state index contributed by atoms with van der Waals surface area (Å²) in [4.78, 5) is 0. The summed E-state index contributed by atoms with van der Waals surface area (Å²) in [6, 6.07) is 3.82. The van der Waals surface area contributed by atoms with Crippen LogP contribution in [-0.4, -0.2) is 6.54 Å². The van der Waals surface area contributed by atoms with Crippen molar-refractivity contribution < 1.29 is 13.2 Å². The maximum Gasteiger partial charge on any atom is 0.416 e. The van der Waals surface area contributed by atoms with E-state index in [9.17, 15) is 13.2 Å². The van der Waals surface area contributed by atoms with Crippen molar-refractivity contribution in [2.45, 2.75) is 39.8 Å². The maximum atomic E-state index is 12.6. The number of hydrogen-bond donors (Lipinski definition) is 1. The minimum Gasteiger partial charge on any atom is -0.385 e. The van der Waals surface area contributed by atoms with Gasteiger partial charge in [0.25, 0.3) is 0 Å². The lowest BCUT2D eigenvalue weighted by Gasteiger charge is -2.16. The highest BCUT2D eigenvalue weighted by molar-refractivity contribution is 5.53. The van der Waals surface area contributed by atoms with Crippen LogP contribution in [0.4, 0.5) is 18.9 Å². The second-order valence-corrected chi connectivity index (χ2v) is 4.80. The van der Waals surface area contributed by atoms with E-state index < -0.39 is 11.7 Å². The molecule has 0 bridgehead atoms. The Kier molecular flexibility index (Phi) is 5.05.